The second-order valence-electron chi connectivity index (χ2n) is 7.14. The third-order valence-electron chi connectivity index (χ3n) is 4.11. The standard InChI is InChI=1S/C19H24N2O3/c1-19(2,3)24-18(23)21-11-9-20(10-12-21)17-6-4-5-14-7-8-15(22)13-16(14)17/h4-8,13,22H,9-12H2,1-3H3. The summed E-state index contributed by atoms with van der Waals surface area (Å²) in [5, 5.41) is 11.9. The Bertz CT molecular complexity index is 744. The summed E-state index contributed by atoms with van der Waals surface area (Å²) in [6, 6.07) is 11.5. The van der Waals surface area contributed by atoms with E-state index >= 15 is 0 Å². The summed E-state index contributed by atoms with van der Waals surface area (Å²) in [4.78, 5) is 16.2. The fourth-order valence-electron chi connectivity index (χ4n) is 2.98. The average molecular weight is 328 g/mol. The third kappa shape index (κ3) is 3.55. The third-order valence-corrected chi connectivity index (χ3v) is 4.11. The average Bonchev–Trinajstić information content (AvgIpc) is 2.53. The number of ether oxygens (including phenoxy) is 1. The van der Waals surface area contributed by atoms with Gasteiger partial charge in [0.1, 0.15) is 11.4 Å². The van der Waals surface area contributed by atoms with Gasteiger partial charge in [0.05, 0.1) is 0 Å². The van der Waals surface area contributed by atoms with Gasteiger partial charge in [-0.05, 0) is 44.4 Å². The van der Waals surface area contributed by atoms with Crippen molar-refractivity contribution in [1.29, 1.82) is 0 Å². The number of fused-ring (bicyclic) bond motifs is 1. The van der Waals surface area contributed by atoms with E-state index in [0.29, 0.717) is 13.1 Å². The smallest absolute Gasteiger partial charge is 0.410 e. The van der Waals surface area contributed by atoms with Crippen LogP contribution in [-0.4, -0.2) is 47.9 Å². The molecule has 24 heavy (non-hydrogen) atoms. The van der Waals surface area contributed by atoms with Crippen molar-refractivity contribution in [3.63, 3.8) is 0 Å². The highest BCUT2D eigenvalue weighted by Crippen LogP contribution is 2.30. The molecule has 1 N–H and O–H groups in total. The highest BCUT2D eigenvalue weighted by Gasteiger charge is 2.26. The maximum absolute atomic E-state index is 12.2. The molecule has 2 aromatic carbocycles. The first-order chi connectivity index (χ1) is 11.3. The number of hydrogen-bond acceptors (Lipinski definition) is 4. The summed E-state index contributed by atoms with van der Waals surface area (Å²) in [5.41, 5.74) is 0.619. The number of carbonyl (C=O) groups is 1. The zero-order valence-electron chi connectivity index (χ0n) is 14.5. The summed E-state index contributed by atoms with van der Waals surface area (Å²) in [6.45, 7) is 8.38. The van der Waals surface area contributed by atoms with E-state index in [4.69, 9.17) is 4.74 Å². The van der Waals surface area contributed by atoms with Crippen molar-refractivity contribution in [3.8, 4) is 5.75 Å². The van der Waals surface area contributed by atoms with Gasteiger partial charge in [-0.15, -0.1) is 0 Å². The van der Waals surface area contributed by atoms with Crippen LogP contribution < -0.4 is 4.90 Å². The van der Waals surface area contributed by atoms with Gasteiger partial charge in [-0.2, -0.15) is 0 Å². The molecule has 2 aromatic rings. The summed E-state index contributed by atoms with van der Waals surface area (Å²) in [7, 11) is 0. The van der Waals surface area contributed by atoms with Crippen LogP contribution in [0.5, 0.6) is 5.75 Å². The lowest BCUT2D eigenvalue weighted by Crippen LogP contribution is -2.50. The molecular formula is C19H24N2O3. The fraction of sp³-hybridized carbons (Fsp3) is 0.421. The van der Waals surface area contributed by atoms with E-state index < -0.39 is 5.60 Å². The molecule has 5 heteroatoms. The van der Waals surface area contributed by atoms with Gasteiger partial charge in [0.25, 0.3) is 0 Å². The molecule has 1 aliphatic heterocycles. The lowest BCUT2D eigenvalue weighted by atomic mass is 10.1. The van der Waals surface area contributed by atoms with Crippen molar-refractivity contribution in [2.75, 3.05) is 31.1 Å². The largest absolute Gasteiger partial charge is 0.508 e. The Kier molecular flexibility index (Phi) is 4.26. The monoisotopic (exact) mass is 328 g/mol. The van der Waals surface area contributed by atoms with Crippen molar-refractivity contribution < 1.29 is 14.6 Å². The minimum atomic E-state index is -0.471. The summed E-state index contributed by atoms with van der Waals surface area (Å²) >= 11 is 0. The molecule has 0 spiro atoms. The second kappa shape index (κ2) is 6.23. The van der Waals surface area contributed by atoms with Gasteiger partial charge in [-0.3, -0.25) is 0 Å². The summed E-state index contributed by atoms with van der Waals surface area (Å²) in [6.07, 6.45) is -0.252. The molecule has 0 radical (unpaired) electrons. The van der Waals surface area contributed by atoms with Crippen molar-refractivity contribution in [3.05, 3.63) is 36.4 Å². The predicted molar refractivity (Wildman–Crippen MR) is 95.6 cm³/mol. The highest BCUT2D eigenvalue weighted by atomic mass is 16.6. The van der Waals surface area contributed by atoms with Gasteiger partial charge in [-0.1, -0.05) is 18.2 Å². The van der Waals surface area contributed by atoms with Crippen LogP contribution in [0.3, 0.4) is 0 Å². The number of carbonyl (C=O) groups excluding carboxylic acids is 1. The Balaban J connectivity index is 1.73. The number of anilines is 1. The molecule has 1 heterocycles. The van der Waals surface area contributed by atoms with Crippen LogP contribution in [-0.2, 0) is 4.74 Å². The van der Waals surface area contributed by atoms with E-state index in [2.05, 4.69) is 11.0 Å². The molecule has 3 rings (SSSR count). The topological polar surface area (TPSA) is 53.0 Å². The minimum absolute atomic E-state index is 0.252. The molecule has 0 aromatic heterocycles. The number of amides is 1. The van der Waals surface area contributed by atoms with Crippen LogP contribution in [0.15, 0.2) is 36.4 Å². The van der Waals surface area contributed by atoms with E-state index in [-0.39, 0.29) is 11.8 Å². The van der Waals surface area contributed by atoms with Crippen molar-refractivity contribution in [2.45, 2.75) is 26.4 Å². The molecule has 1 aliphatic rings. The molecule has 128 valence electrons. The van der Waals surface area contributed by atoms with Gasteiger partial charge < -0.3 is 19.6 Å². The van der Waals surface area contributed by atoms with Crippen LogP contribution in [0, 0.1) is 0 Å². The van der Waals surface area contributed by atoms with Crippen molar-refractivity contribution in [2.24, 2.45) is 0 Å². The number of benzene rings is 2. The zero-order chi connectivity index (χ0) is 17.3. The van der Waals surface area contributed by atoms with Crippen molar-refractivity contribution >= 4 is 22.6 Å². The number of piperazine rings is 1. The molecule has 0 bridgehead atoms. The van der Waals surface area contributed by atoms with E-state index in [1.807, 2.05) is 39.0 Å². The van der Waals surface area contributed by atoms with E-state index in [1.54, 1.807) is 17.0 Å². The van der Waals surface area contributed by atoms with Crippen LogP contribution in [0.25, 0.3) is 10.8 Å². The molecular weight excluding hydrogens is 304 g/mol. The Morgan fingerprint density at radius 1 is 1.08 bits per heavy atom. The first-order valence-electron chi connectivity index (χ1n) is 8.28. The number of phenols is 1. The quantitative estimate of drug-likeness (QED) is 0.869. The van der Waals surface area contributed by atoms with Crippen LogP contribution in [0.4, 0.5) is 10.5 Å². The minimum Gasteiger partial charge on any atom is -0.508 e. The molecule has 0 unspecified atom stereocenters. The number of rotatable bonds is 1. The first-order valence-corrected chi connectivity index (χ1v) is 8.28. The Labute approximate surface area is 142 Å². The van der Waals surface area contributed by atoms with Crippen LogP contribution in [0.2, 0.25) is 0 Å². The molecule has 1 fully saturated rings. The molecule has 0 aliphatic carbocycles. The normalized spacial score (nSPS) is 15.6. The molecule has 0 saturated carbocycles. The second-order valence-corrected chi connectivity index (χ2v) is 7.14. The first kappa shape index (κ1) is 16.4. The van der Waals surface area contributed by atoms with E-state index in [9.17, 15) is 9.90 Å². The van der Waals surface area contributed by atoms with Gasteiger partial charge >= 0.3 is 6.09 Å². The number of phenolic OH excluding ortho intramolecular Hbond substituents is 1. The van der Waals surface area contributed by atoms with Crippen LogP contribution in [0.1, 0.15) is 20.8 Å². The molecule has 1 saturated heterocycles. The molecule has 1 amide bonds. The van der Waals surface area contributed by atoms with Gasteiger partial charge in [0.15, 0.2) is 0 Å². The number of aromatic hydroxyl groups is 1. The highest BCUT2D eigenvalue weighted by molar-refractivity contribution is 5.95. The fourth-order valence-corrected chi connectivity index (χ4v) is 2.98. The van der Waals surface area contributed by atoms with E-state index in [0.717, 1.165) is 29.5 Å². The summed E-state index contributed by atoms with van der Waals surface area (Å²) in [5.74, 6) is 0.266. The van der Waals surface area contributed by atoms with Gasteiger partial charge in [0, 0.05) is 37.3 Å². The number of nitrogens with zero attached hydrogens (tertiary/aromatic N) is 2. The number of hydrogen-bond donors (Lipinski definition) is 1. The maximum Gasteiger partial charge on any atom is 0.410 e. The Morgan fingerprint density at radius 3 is 2.46 bits per heavy atom. The van der Waals surface area contributed by atoms with Gasteiger partial charge in [0.2, 0.25) is 0 Å². The zero-order valence-corrected chi connectivity index (χ0v) is 14.5. The van der Waals surface area contributed by atoms with E-state index in [1.165, 1.54) is 0 Å². The maximum atomic E-state index is 12.2. The molecule has 5 nitrogen and oxygen atoms in total. The summed E-state index contributed by atoms with van der Waals surface area (Å²) < 4.78 is 5.44. The Hall–Kier alpha value is -2.43. The van der Waals surface area contributed by atoms with Crippen molar-refractivity contribution in [1.82, 2.24) is 4.90 Å². The molecule has 0 atom stereocenters. The lowest BCUT2D eigenvalue weighted by molar-refractivity contribution is 0.0241. The van der Waals surface area contributed by atoms with Gasteiger partial charge in [-0.25, -0.2) is 4.79 Å². The van der Waals surface area contributed by atoms with Crippen LogP contribution >= 0.6 is 0 Å². The Morgan fingerprint density at radius 2 is 1.79 bits per heavy atom. The SMILES string of the molecule is CC(C)(C)OC(=O)N1CCN(c2cccc3ccc(O)cc23)CC1. The lowest BCUT2D eigenvalue weighted by Gasteiger charge is -2.37. The predicted octanol–water partition coefficient (Wildman–Crippen LogP) is 3.60.